The fourth-order valence-electron chi connectivity index (χ4n) is 0. The lowest BCUT2D eigenvalue weighted by Crippen LogP contribution is -1.61. The van der Waals surface area contributed by atoms with Gasteiger partial charge in [0, 0.05) is 0 Å². The smallest absolute Gasteiger partial charge is 0.130 e. The molecule has 0 heterocycles. The zero-order chi connectivity index (χ0) is 6.12. The molecule has 0 aromatic carbocycles. The third kappa shape index (κ3) is 50.3. The van der Waals surface area contributed by atoms with Crippen molar-refractivity contribution in [1.29, 1.82) is 0 Å². The molecule has 0 aliphatic rings. The van der Waals surface area contributed by atoms with Crippen LogP contribution in [-0.2, 0) is 4.79 Å². The Morgan fingerprint density at radius 3 is 1.71 bits per heavy atom. The summed E-state index contributed by atoms with van der Waals surface area (Å²) in [6.07, 6.45) is 0.792. The maximum absolute atomic E-state index is 9.13. The minimum absolute atomic E-state index is 0.194. The molecule has 0 saturated carbocycles. The van der Waals surface area contributed by atoms with Gasteiger partial charge in [0.15, 0.2) is 0 Å². The van der Waals surface area contributed by atoms with Crippen molar-refractivity contribution in [2.24, 2.45) is 0 Å². The molecular weight excluding hydrogens is 203 g/mol. The van der Waals surface area contributed by atoms with Crippen LogP contribution in [0.5, 0.6) is 0 Å². The van der Waals surface area contributed by atoms with Gasteiger partial charge >= 0.3 is 0 Å². The van der Waals surface area contributed by atoms with Gasteiger partial charge in [0.2, 0.25) is 0 Å². The summed E-state index contributed by atoms with van der Waals surface area (Å²) in [6.45, 7) is 0. The summed E-state index contributed by atoms with van der Waals surface area (Å²) in [5.41, 5.74) is 0. The van der Waals surface area contributed by atoms with Crippen LogP contribution in [0.2, 0.25) is 0 Å². The Balaban J connectivity index is 0. The van der Waals surface area contributed by atoms with Crippen molar-refractivity contribution < 1.29 is 4.79 Å². The summed E-state index contributed by atoms with van der Waals surface area (Å²) < 4.78 is 0. The van der Waals surface area contributed by atoms with Crippen molar-refractivity contribution in [3.8, 4) is 0 Å². The van der Waals surface area contributed by atoms with Crippen molar-refractivity contribution in [1.82, 2.24) is 0 Å². The molecular formula is C3H5BrCl2O. The first kappa shape index (κ1) is 10.7. The molecule has 0 aliphatic carbocycles. The van der Waals surface area contributed by atoms with E-state index in [4.69, 9.17) is 28.0 Å². The van der Waals surface area contributed by atoms with E-state index in [1.807, 2.05) is 0 Å². The summed E-state index contributed by atoms with van der Waals surface area (Å²) in [5, 5.41) is 0.646. The highest BCUT2D eigenvalue weighted by Gasteiger charge is 1.55. The Morgan fingerprint density at radius 1 is 1.57 bits per heavy atom. The lowest BCUT2D eigenvalue weighted by Gasteiger charge is -1.49. The monoisotopic (exact) mass is 206 g/mol. The molecule has 0 saturated heterocycles. The maximum atomic E-state index is 9.13. The maximum Gasteiger partial charge on any atom is 0.130 e. The molecule has 0 spiro atoms. The largest absolute Gasteiger partial charge is 0.302 e. The Hall–Kier alpha value is 0.730. The van der Waals surface area contributed by atoms with E-state index >= 15 is 0 Å². The fraction of sp³-hybridized carbons (Fsp3) is 0.667. The van der Waals surface area contributed by atoms with Crippen molar-refractivity contribution in [2.75, 3.05) is 10.7 Å². The number of carbonyl (C=O) groups is 1. The van der Waals surface area contributed by atoms with Gasteiger partial charge in [-0.1, -0.05) is 15.9 Å². The van der Waals surface area contributed by atoms with Crippen molar-refractivity contribution in [3.05, 3.63) is 0 Å². The van der Waals surface area contributed by atoms with Crippen LogP contribution in [0.4, 0.5) is 0 Å². The normalized spacial score (nSPS) is 6.14. The first-order chi connectivity index (χ1) is 3.33. The van der Waals surface area contributed by atoms with Crippen LogP contribution in [0.15, 0.2) is 0 Å². The topological polar surface area (TPSA) is 17.1 Å². The zero-order valence-corrected chi connectivity index (χ0v) is 6.63. The number of rotatable bonds is 1. The molecule has 0 rings (SSSR count). The van der Waals surface area contributed by atoms with Crippen LogP contribution in [0.1, 0.15) is 0 Å². The molecule has 0 amide bonds. The van der Waals surface area contributed by atoms with E-state index in [9.17, 15) is 0 Å². The number of hydrogen-bond acceptors (Lipinski definition) is 1. The van der Waals surface area contributed by atoms with Crippen LogP contribution in [0.3, 0.4) is 0 Å². The third-order valence-corrected chi connectivity index (χ3v) is 0.327. The average molecular weight is 208 g/mol. The van der Waals surface area contributed by atoms with Crippen molar-refractivity contribution >= 4 is 45.4 Å². The van der Waals surface area contributed by atoms with Gasteiger partial charge in [-0.15, -0.1) is 23.2 Å². The third-order valence-electron chi connectivity index (χ3n) is 0.0630. The van der Waals surface area contributed by atoms with Crippen molar-refractivity contribution in [3.63, 3.8) is 0 Å². The first-order valence-electron chi connectivity index (χ1n) is 1.45. The molecule has 0 fully saturated rings. The standard InChI is InChI=1S/C2H3BrO.CH2Cl2/c3-1-2-4;2-1-3/h2H,1H2;1H2. The summed E-state index contributed by atoms with van der Waals surface area (Å²) in [6, 6.07) is 0. The summed E-state index contributed by atoms with van der Waals surface area (Å²) in [7, 11) is 0. The highest BCUT2D eigenvalue weighted by molar-refractivity contribution is 9.09. The number of alkyl halides is 3. The minimum Gasteiger partial charge on any atom is -0.302 e. The van der Waals surface area contributed by atoms with Crippen LogP contribution >= 0.6 is 39.1 Å². The Bertz CT molecular complexity index is 34.1. The molecule has 0 unspecified atom stereocenters. The van der Waals surface area contributed by atoms with Crippen molar-refractivity contribution in [2.45, 2.75) is 0 Å². The second kappa shape index (κ2) is 15.9. The highest BCUT2D eigenvalue weighted by atomic mass is 79.9. The molecule has 44 valence electrons. The van der Waals surface area contributed by atoms with E-state index in [-0.39, 0.29) is 5.34 Å². The van der Waals surface area contributed by atoms with Gasteiger partial charge in [0.1, 0.15) is 6.29 Å². The Morgan fingerprint density at radius 2 is 1.71 bits per heavy atom. The molecule has 4 heteroatoms. The number of carbonyl (C=O) groups excluding carboxylic acids is 1. The molecule has 0 bridgehead atoms. The predicted molar refractivity (Wildman–Crippen MR) is 36.4 cm³/mol. The van der Waals surface area contributed by atoms with E-state index in [1.165, 1.54) is 0 Å². The van der Waals surface area contributed by atoms with E-state index in [0.29, 0.717) is 5.33 Å². The second-order valence-electron chi connectivity index (χ2n) is 0.422. The second-order valence-corrected chi connectivity index (χ2v) is 1.88. The molecule has 0 N–H and O–H groups in total. The predicted octanol–water partition coefficient (Wildman–Crippen LogP) is 2.00. The van der Waals surface area contributed by atoms with E-state index < -0.39 is 0 Å². The van der Waals surface area contributed by atoms with Gasteiger partial charge in [-0.25, -0.2) is 0 Å². The van der Waals surface area contributed by atoms with Gasteiger partial charge in [-0.05, 0) is 0 Å². The van der Waals surface area contributed by atoms with Gasteiger partial charge in [-0.2, -0.15) is 0 Å². The molecule has 7 heavy (non-hydrogen) atoms. The van der Waals surface area contributed by atoms with Crippen LogP contribution < -0.4 is 0 Å². The van der Waals surface area contributed by atoms with Crippen LogP contribution in [-0.4, -0.2) is 17.0 Å². The lowest BCUT2D eigenvalue weighted by atomic mass is 11.0. The summed E-state index contributed by atoms with van der Waals surface area (Å²) in [5.74, 6) is 0. The quantitative estimate of drug-likeness (QED) is 0.475. The highest BCUT2D eigenvalue weighted by Crippen LogP contribution is 1.73. The number of aldehydes is 1. The van der Waals surface area contributed by atoms with Gasteiger partial charge in [-0.3, -0.25) is 0 Å². The molecule has 0 atom stereocenters. The van der Waals surface area contributed by atoms with Gasteiger partial charge < -0.3 is 4.79 Å². The van der Waals surface area contributed by atoms with Gasteiger partial charge in [0.05, 0.1) is 10.7 Å². The first-order valence-corrected chi connectivity index (χ1v) is 3.64. The summed E-state index contributed by atoms with van der Waals surface area (Å²) >= 11 is 12.4. The van der Waals surface area contributed by atoms with Crippen LogP contribution in [0.25, 0.3) is 0 Å². The van der Waals surface area contributed by atoms with E-state index in [0.717, 1.165) is 6.29 Å². The summed E-state index contributed by atoms with van der Waals surface area (Å²) in [4.78, 5) is 9.13. The number of halogens is 3. The number of hydrogen-bond donors (Lipinski definition) is 0. The van der Waals surface area contributed by atoms with Gasteiger partial charge in [0.25, 0.3) is 0 Å². The van der Waals surface area contributed by atoms with E-state index in [1.54, 1.807) is 0 Å². The average Bonchev–Trinajstić information content (AvgIpc) is 1.69. The molecule has 0 radical (unpaired) electrons. The molecule has 0 aromatic heterocycles. The fourth-order valence-corrected chi connectivity index (χ4v) is 0. The zero-order valence-electron chi connectivity index (χ0n) is 3.53. The molecule has 0 aromatic rings. The Labute approximate surface area is 61.1 Å². The molecule has 0 aliphatic heterocycles. The molecule has 1 nitrogen and oxygen atoms in total. The lowest BCUT2D eigenvalue weighted by molar-refractivity contribution is -0.105. The van der Waals surface area contributed by atoms with E-state index in [2.05, 4.69) is 15.9 Å². The van der Waals surface area contributed by atoms with Crippen LogP contribution in [0, 0.1) is 0 Å². The minimum atomic E-state index is 0.194. The Kier molecular flexibility index (Phi) is 24.2. The SMILES string of the molecule is ClCCl.O=CCBr.